The van der Waals surface area contributed by atoms with Crippen molar-refractivity contribution in [3.05, 3.63) is 59.7 Å². The Morgan fingerprint density at radius 2 is 1.68 bits per heavy atom. The van der Waals surface area contributed by atoms with Gasteiger partial charge in [0.1, 0.15) is 17.4 Å². The monoisotopic (exact) mass is 453 g/mol. The van der Waals surface area contributed by atoms with Crippen molar-refractivity contribution in [1.29, 1.82) is 0 Å². The van der Waals surface area contributed by atoms with E-state index >= 15 is 0 Å². The highest BCUT2D eigenvalue weighted by molar-refractivity contribution is 7.89. The molecule has 0 radical (unpaired) electrons. The number of sulfonamides is 1. The number of hydrogen-bond donors (Lipinski definition) is 0. The van der Waals surface area contributed by atoms with Gasteiger partial charge in [-0.25, -0.2) is 17.2 Å². The van der Waals surface area contributed by atoms with Crippen molar-refractivity contribution >= 4 is 15.9 Å². The summed E-state index contributed by atoms with van der Waals surface area (Å²) in [5, 5.41) is 0. The van der Waals surface area contributed by atoms with E-state index in [1.54, 1.807) is 19.1 Å². The first-order chi connectivity index (χ1) is 14.7. The van der Waals surface area contributed by atoms with Crippen molar-refractivity contribution in [2.75, 3.05) is 46.9 Å². The highest BCUT2D eigenvalue weighted by atomic mass is 32.2. The van der Waals surface area contributed by atoms with Gasteiger partial charge in [-0.3, -0.25) is 9.69 Å². The molecule has 0 atom stereocenters. The molecule has 0 aromatic heterocycles. The molecule has 0 aliphatic carbocycles. The third-order valence-electron chi connectivity index (χ3n) is 5.19. The minimum Gasteiger partial charge on any atom is -0.497 e. The van der Waals surface area contributed by atoms with Gasteiger partial charge in [0, 0.05) is 39.8 Å². The lowest BCUT2D eigenvalue weighted by atomic mass is 10.2. The molecule has 0 N–H and O–H groups in total. The largest absolute Gasteiger partial charge is 0.497 e. The summed E-state index contributed by atoms with van der Waals surface area (Å²) in [4.78, 5) is 15.1. The fraction of sp³-hybridized carbons (Fsp3) is 0.381. The number of ether oxygens (including phenoxy) is 1. The van der Waals surface area contributed by atoms with Gasteiger partial charge in [-0.1, -0.05) is 18.2 Å². The number of piperazine rings is 1. The number of benzene rings is 2. The van der Waals surface area contributed by atoms with Crippen LogP contribution in [0.25, 0.3) is 0 Å². The number of carbonyl (C=O) groups is 1. The predicted octanol–water partition coefficient (Wildman–Crippen LogP) is 1.94. The van der Waals surface area contributed by atoms with Crippen molar-refractivity contribution in [2.24, 2.45) is 0 Å². The minimum absolute atomic E-state index is 0.0446. The van der Waals surface area contributed by atoms with Gasteiger partial charge in [-0.15, -0.1) is 0 Å². The number of nitrogens with zero attached hydrogens (tertiary/aromatic N) is 3. The number of likely N-dealkylation sites (N-methyl/N-ethyl adjacent to an activating group) is 1. The van der Waals surface area contributed by atoms with E-state index in [0.29, 0.717) is 12.3 Å². The van der Waals surface area contributed by atoms with Crippen molar-refractivity contribution in [2.45, 2.75) is 11.4 Å². The smallest absolute Gasteiger partial charge is 0.249 e. The maximum Gasteiger partial charge on any atom is 0.249 e. The molecule has 0 unspecified atom stereocenters. The lowest BCUT2D eigenvalue weighted by Gasteiger charge is -2.34. The zero-order valence-corrected chi connectivity index (χ0v) is 18.2. The third kappa shape index (κ3) is 5.38. The molecule has 10 heteroatoms. The summed E-state index contributed by atoms with van der Waals surface area (Å²) in [6.45, 7) is 1.20. The summed E-state index contributed by atoms with van der Waals surface area (Å²) < 4.78 is 59.5. The van der Waals surface area contributed by atoms with E-state index in [1.807, 2.05) is 29.2 Å². The van der Waals surface area contributed by atoms with Gasteiger partial charge in [0.25, 0.3) is 0 Å². The van der Waals surface area contributed by atoms with Crippen molar-refractivity contribution < 1.29 is 26.7 Å². The standard InChI is InChI=1S/C21H25F2N3O4S/c1-24(14-16-5-3-6-17(13-16)30-2)20(27)15-25-9-11-26(12-10-25)31(28,29)21-18(22)7-4-8-19(21)23/h3-8,13H,9-12,14-15H2,1-2H3. The van der Waals surface area contributed by atoms with E-state index in [-0.39, 0.29) is 38.6 Å². The number of methoxy groups -OCH3 is 1. The van der Waals surface area contributed by atoms with Crippen LogP contribution in [0.5, 0.6) is 5.75 Å². The van der Waals surface area contributed by atoms with Crippen LogP contribution in [0, 0.1) is 11.6 Å². The zero-order chi connectivity index (χ0) is 22.6. The van der Waals surface area contributed by atoms with Gasteiger partial charge < -0.3 is 9.64 Å². The molecule has 2 aromatic carbocycles. The summed E-state index contributed by atoms with van der Waals surface area (Å²) in [6.07, 6.45) is 0. The predicted molar refractivity (Wildman–Crippen MR) is 111 cm³/mol. The van der Waals surface area contributed by atoms with Gasteiger partial charge in [0.15, 0.2) is 4.90 Å². The van der Waals surface area contributed by atoms with Crippen LogP contribution >= 0.6 is 0 Å². The Morgan fingerprint density at radius 1 is 1.06 bits per heavy atom. The van der Waals surface area contributed by atoms with Crippen LogP contribution in [0.1, 0.15) is 5.56 Å². The Hall–Kier alpha value is -2.56. The number of carbonyl (C=O) groups excluding carboxylic acids is 1. The highest BCUT2D eigenvalue weighted by Gasteiger charge is 2.33. The number of hydrogen-bond acceptors (Lipinski definition) is 5. The van der Waals surface area contributed by atoms with E-state index in [4.69, 9.17) is 4.74 Å². The molecule has 3 rings (SSSR count). The molecule has 168 valence electrons. The molecular formula is C21H25F2N3O4S. The fourth-order valence-corrected chi connectivity index (χ4v) is 4.96. The second-order valence-corrected chi connectivity index (χ2v) is 9.21. The molecular weight excluding hydrogens is 428 g/mol. The Kier molecular flexibility index (Phi) is 7.24. The lowest BCUT2D eigenvalue weighted by molar-refractivity contribution is -0.131. The van der Waals surface area contributed by atoms with Gasteiger partial charge in [-0.05, 0) is 29.8 Å². The summed E-state index contributed by atoms with van der Waals surface area (Å²) in [5.41, 5.74) is 0.929. The second-order valence-electron chi connectivity index (χ2n) is 7.33. The highest BCUT2D eigenvalue weighted by Crippen LogP contribution is 2.23. The SMILES string of the molecule is COc1cccc(CN(C)C(=O)CN2CCN(S(=O)(=O)c3c(F)cccc3F)CC2)c1. The maximum atomic E-state index is 14.0. The first-order valence-electron chi connectivity index (χ1n) is 9.76. The lowest BCUT2D eigenvalue weighted by Crippen LogP contribution is -2.51. The first-order valence-corrected chi connectivity index (χ1v) is 11.2. The average Bonchev–Trinajstić information content (AvgIpc) is 2.74. The molecule has 1 aliphatic rings. The van der Waals surface area contributed by atoms with E-state index in [2.05, 4.69) is 0 Å². The molecule has 1 saturated heterocycles. The van der Waals surface area contributed by atoms with Crippen LogP contribution < -0.4 is 4.74 Å². The van der Waals surface area contributed by atoms with Crippen molar-refractivity contribution in [1.82, 2.24) is 14.1 Å². The van der Waals surface area contributed by atoms with Gasteiger partial charge in [-0.2, -0.15) is 4.31 Å². The maximum absolute atomic E-state index is 14.0. The van der Waals surface area contributed by atoms with Crippen LogP contribution in [0.4, 0.5) is 8.78 Å². The van der Waals surface area contributed by atoms with Crippen molar-refractivity contribution in [3.8, 4) is 5.75 Å². The van der Waals surface area contributed by atoms with Gasteiger partial charge in [0.2, 0.25) is 15.9 Å². The molecule has 31 heavy (non-hydrogen) atoms. The number of rotatable bonds is 7. The normalized spacial score (nSPS) is 15.6. The molecule has 7 nitrogen and oxygen atoms in total. The van der Waals surface area contributed by atoms with E-state index in [0.717, 1.165) is 28.1 Å². The van der Waals surface area contributed by atoms with Gasteiger partial charge in [0.05, 0.1) is 13.7 Å². The summed E-state index contributed by atoms with van der Waals surface area (Å²) in [6, 6.07) is 10.4. The average molecular weight is 454 g/mol. The molecule has 1 aliphatic heterocycles. The minimum atomic E-state index is -4.29. The quantitative estimate of drug-likeness (QED) is 0.641. The van der Waals surface area contributed by atoms with Crippen LogP contribution in [-0.4, -0.2) is 75.3 Å². The molecule has 2 aromatic rings. The van der Waals surface area contributed by atoms with Crippen molar-refractivity contribution in [3.63, 3.8) is 0 Å². The van der Waals surface area contributed by atoms with Crippen LogP contribution in [0.2, 0.25) is 0 Å². The molecule has 1 amide bonds. The Morgan fingerprint density at radius 3 is 2.29 bits per heavy atom. The number of halogens is 2. The van der Waals surface area contributed by atoms with E-state index in [9.17, 15) is 22.0 Å². The Bertz CT molecular complexity index is 1020. The summed E-state index contributed by atoms with van der Waals surface area (Å²) in [7, 11) is -1.01. The number of amides is 1. The van der Waals surface area contributed by atoms with Crippen LogP contribution in [-0.2, 0) is 21.4 Å². The Labute approximate surface area is 180 Å². The zero-order valence-electron chi connectivity index (χ0n) is 17.4. The molecule has 1 heterocycles. The van der Waals surface area contributed by atoms with Crippen LogP contribution in [0.15, 0.2) is 47.4 Å². The van der Waals surface area contributed by atoms with Crippen LogP contribution in [0.3, 0.4) is 0 Å². The first kappa shape index (κ1) is 23.1. The second kappa shape index (κ2) is 9.71. The fourth-order valence-electron chi connectivity index (χ4n) is 3.43. The van der Waals surface area contributed by atoms with E-state index in [1.165, 1.54) is 0 Å². The molecule has 0 bridgehead atoms. The van der Waals surface area contributed by atoms with E-state index < -0.39 is 26.6 Å². The molecule has 1 fully saturated rings. The Balaban J connectivity index is 1.56. The summed E-state index contributed by atoms with van der Waals surface area (Å²) >= 11 is 0. The van der Waals surface area contributed by atoms with Gasteiger partial charge >= 0.3 is 0 Å². The molecule has 0 spiro atoms. The molecule has 0 saturated carbocycles. The summed E-state index contributed by atoms with van der Waals surface area (Å²) in [5.74, 6) is -1.63. The third-order valence-corrected chi connectivity index (χ3v) is 7.14. The topological polar surface area (TPSA) is 70.2 Å².